The first-order valence-electron chi connectivity index (χ1n) is 16.0. The summed E-state index contributed by atoms with van der Waals surface area (Å²) in [4.78, 5) is 23.3. The molecule has 4 aromatic rings. The van der Waals surface area contributed by atoms with Gasteiger partial charge in [0.2, 0.25) is 0 Å². The van der Waals surface area contributed by atoms with Gasteiger partial charge in [0, 0.05) is 17.7 Å². The van der Waals surface area contributed by atoms with Gasteiger partial charge in [0.05, 0.1) is 32.8 Å². The third-order valence-electron chi connectivity index (χ3n) is 9.56. The molecule has 0 aliphatic heterocycles. The van der Waals surface area contributed by atoms with E-state index in [1.165, 1.54) is 40.2 Å². The van der Waals surface area contributed by atoms with Crippen LogP contribution in [0.2, 0.25) is 0 Å². The minimum Gasteiger partial charge on any atom is -0.496 e. The zero-order chi connectivity index (χ0) is 37.0. The first-order chi connectivity index (χ1) is 23.6. The fraction of sp³-hybridized carbons (Fsp3) is 0.333. The van der Waals surface area contributed by atoms with Crippen molar-refractivity contribution in [3.05, 3.63) is 94.6 Å². The Labute approximate surface area is 290 Å². The zero-order valence-corrected chi connectivity index (χ0v) is 29.0. The Kier molecular flexibility index (Phi) is 11.7. The minimum absolute atomic E-state index is 0.0128. The molecular weight excluding hydrogens is 648 g/mol. The summed E-state index contributed by atoms with van der Waals surface area (Å²) >= 11 is 0. The summed E-state index contributed by atoms with van der Waals surface area (Å²) in [5.41, 5.74) is 3.30. The summed E-state index contributed by atoms with van der Waals surface area (Å²) in [6.45, 7) is 5.10. The van der Waals surface area contributed by atoms with Crippen LogP contribution in [0.25, 0.3) is 33.4 Å². The number of ether oxygens (including phenoxy) is 2. The van der Waals surface area contributed by atoms with E-state index >= 15 is 8.78 Å². The topological polar surface area (TPSA) is 146 Å². The van der Waals surface area contributed by atoms with Crippen molar-refractivity contribution in [1.29, 1.82) is 0 Å². The number of carbonyl (C=O) groups is 2. The molecule has 2 atom stereocenters. The van der Waals surface area contributed by atoms with Crippen LogP contribution < -0.4 is 14.8 Å². The van der Waals surface area contributed by atoms with Gasteiger partial charge < -0.3 is 29.9 Å². The average molecular weight is 692 g/mol. The molecule has 4 aromatic carbocycles. The molecule has 0 saturated carbocycles. The number of aliphatic hydroxyl groups is 2. The lowest BCUT2D eigenvalue weighted by Crippen LogP contribution is -2.52. The molecule has 0 unspecified atom stereocenters. The first kappa shape index (κ1) is 38.0. The summed E-state index contributed by atoms with van der Waals surface area (Å²) in [5.74, 6) is -3.11. The van der Waals surface area contributed by atoms with Gasteiger partial charge in [0.1, 0.15) is 28.7 Å². The molecule has 5 N–H and O–H groups in total. The van der Waals surface area contributed by atoms with E-state index in [2.05, 4.69) is 5.32 Å². The lowest BCUT2D eigenvalue weighted by atomic mass is 9.84. The van der Waals surface area contributed by atoms with E-state index in [0.717, 1.165) is 33.4 Å². The molecule has 0 aromatic heterocycles. The number of aliphatic hydroxyl groups excluding tert-OH is 2. The summed E-state index contributed by atoms with van der Waals surface area (Å²) < 4.78 is 42.3. The van der Waals surface area contributed by atoms with Gasteiger partial charge in [-0.1, -0.05) is 36.4 Å². The number of nitrogens with one attached hydrogen (secondary N) is 1. The highest BCUT2D eigenvalue weighted by Crippen LogP contribution is 2.40. The molecule has 50 heavy (non-hydrogen) atoms. The number of methoxy groups -OCH3 is 2. The highest BCUT2D eigenvalue weighted by molar-refractivity contribution is 5.84. The van der Waals surface area contributed by atoms with Crippen LogP contribution in [0, 0.1) is 30.9 Å². The number of halogens is 2. The maximum Gasteiger partial charge on any atom is 0.326 e. The van der Waals surface area contributed by atoms with Gasteiger partial charge in [-0.3, -0.25) is 14.9 Å². The van der Waals surface area contributed by atoms with Gasteiger partial charge in [-0.2, -0.15) is 0 Å². The Morgan fingerprint density at radius 2 is 1.18 bits per heavy atom. The fourth-order valence-corrected chi connectivity index (χ4v) is 5.93. The number of rotatable bonds is 15. The number of carboxylic acid groups (broad SMARTS) is 2. The predicted molar refractivity (Wildman–Crippen MR) is 186 cm³/mol. The molecule has 0 aliphatic rings. The fourth-order valence-electron chi connectivity index (χ4n) is 5.93. The van der Waals surface area contributed by atoms with E-state index in [1.807, 2.05) is 50.2 Å². The van der Waals surface area contributed by atoms with Crippen molar-refractivity contribution < 1.29 is 48.3 Å². The summed E-state index contributed by atoms with van der Waals surface area (Å²) in [7, 11) is 2.82. The van der Waals surface area contributed by atoms with Crippen LogP contribution in [0.3, 0.4) is 0 Å². The molecule has 266 valence electrons. The monoisotopic (exact) mass is 691 g/mol. The van der Waals surface area contributed by atoms with E-state index < -0.39 is 47.7 Å². The zero-order valence-electron chi connectivity index (χ0n) is 29.0. The van der Waals surface area contributed by atoms with Crippen molar-refractivity contribution in [2.75, 3.05) is 27.4 Å². The maximum absolute atomic E-state index is 15.6. The molecule has 0 radical (unpaired) electrons. The van der Waals surface area contributed by atoms with Crippen LogP contribution in [0.15, 0.2) is 60.7 Å². The molecule has 0 bridgehead atoms. The smallest absolute Gasteiger partial charge is 0.326 e. The Balaban J connectivity index is 1.72. The lowest BCUT2D eigenvalue weighted by Gasteiger charge is -2.24. The molecule has 0 aliphatic carbocycles. The molecule has 0 fully saturated rings. The highest BCUT2D eigenvalue weighted by Gasteiger charge is 2.34. The standard InChI is InChI=1S/C39H43F2NO8/c1-22-26(24-15-32(40)30(34(17-24)49-5)13-14-38(3,20-43)36(45)46)9-7-11-28(22)29-12-8-10-27(23(29)2)25-16-33(41)31(35(18-25)50-6)19-42-39(4,21-44)37(47)48/h7-12,15-18,42-44H,13-14,19-21H2,1-6H3,(H,45,46)(H,47,48)/t38-,39-/m0/s1. The van der Waals surface area contributed by atoms with E-state index in [-0.39, 0.29) is 42.0 Å². The van der Waals surface area contributed by atoms with Gasteiger partial charge >= 0.3 is 11.9 Å². The molecule has 9 nitrogen and oxygen atoms in total. The molecular formula is C39H43F2NO8. The average Bonchev–Trinajstić information content (AvgIpc) is 3.09. The molecule has 0 saturated heterocycles. The third-order valence-corrected chi connectivity index (χ3v) is 9.56. The number of aliphatic carboxylic acids is 2. The lowest BCUT2D eigenvalue weighted by molar-refractivity contribution is -0.150. The van der Waals surface area contributed by atoms with Crippen LogP contribution in [0.4, 0.5) is 8.78 Å². The number of hydrogen-bond donors (Lipinski definition) is 5. The van der Waals surface area contributed by atoms with Crippen LogP contribution in [-0.4, -0.2) is 65.3 Å². The molecule has 0 heterocycles. The van der Waals surface area contributed by atoms with Crippen LogP contribution in [-0.2, 0) is 22.6 Å². The van der Waals surface area contributed by atoms with Crippen molar-refractivity contribution in [3.63, 3.8) is 0 Å². The number of benzene rings is 4. The molecule has 0 amide bonds. The van der Waals surface area contributed by atoms with E-state index in [1.54, 1.807) is 12.1 Å². The Hall–Kier alpha value is -4.84. The van der Waals surface area contributed by atoms with Crippen molar-refractivity contribution in [3.8, 4) is 44.9 Å². The Bertz CT molecular complexity index is 1770. The second-order valence-corrected chi connectivity index (χ2v) is 12.9. The normalized spacial score (nSPS) is 13.7. The van der Waals surface area contributed by atoms with E-state index in [4.69, 9.17) is 9.47 Å². The summed E-state index contributed by atoms with van der Waals surface area (Å²) in [6, 6.07) is 17.5. The number of carboxylic acids is 2. The van der Waals surface area contributed by atoms with Crippen molar-refractivity contribution in [2.45, 2.75) is 52.6 Å². The van der Waals surface area contributed by atoms with Gasteiger partial charge in [-0.25, -0.2) is 8.78 Å². The largest absolute Gasteiger partial charge is 0.496 e. The summed E-state index contributed by atoms with van der Waals surface area (Å²) in [6.07, 6.45) is 0.0652. The first-order valence-corrected chi connectivity index (χ1v) is 16.0. The maximum atomic E-state index is 15.6. The second kappa shape index (κ2) is 15.4. The molecule has 11 heteroatoms. The molecule has 4 rings (SSSR count). The van der Waals surface area contributed by atoms with E-state index in [9.17, 15) is 30.0 Å². The van der Waals surface area contributed by atoms with Gasteiger partial charge in [-0.05, 0) is 109 Å². The number of hydrogen-bond acceptors (Lipinski definition) is 7. The third kappa shape index (κ3) is 7.50. The van der Waals surface area contributed by atoms with Gasteiger partial charge in [0.15, 0.2) is 0 Å². The highest BCUT2D eigenvalue weighted by atomic mass is 19.1. The van der Waals surface area contributed by atoms with Crippen molar-refractivity contribution in [1.82, 2.24) is 5.32 Å². The van der Waals surface area contributed by atoms with E-state index in [0.29, 0.717) is 11.1 Å². The quantitative estimate of drug-likeness (QED) is 0.0938. The molecule has 0 spiro atoms. The SMILES string of the molecule is COc1cc(-c2cccc(-c3cccc(-c4cc(F)c(CN[C@@](C)(CO)C(=O)O)c(OC)c4)c3C)c2C)cc(F)c1CC[C@@](C)(CO)C(=O)O. The second-order valence-electron chi connectivity index (χ2n) is 12.9. The van der Waals surface area contributed by atoms with Gasteiger partial charge in [-0.15, -0.1) is 0 Å². The van der Waals surface area contributed by atoms with Crippen LogP contribution >= 0.6 is 0 Å². The Morgan fingerprint density at radius 1 is 0.720 bits per heavy atom. The minimum atomic E-state index is -1.67. The van der Waals surface area contributed by atoms with Gasteiger partial charge in [0.25, 0.3) is 0 Å². The van der Waals surface area contributed by atoms with Crippen LogP contribution in [0.1, 0.15) is 42.5 Å². The van der Waals surface area contributed by atoms with Crippen molar-refractivity contribution >= 4 is 11.9 Å². The predicted octanol–water partition coefficient (Wildman–Crippen LogP) is 6.54. The Morgan fingerprint density at radius 3 is 1.60 bits per heavy atom. The van der Waals surface area contributed by atoms with Crippen LogP contribution in [0.5, 0.6) is 11.5 Å². The van der Waals surface area contributed by atoms with Crippen molar-refractivity contribution in [2.24, 2.45) is 5.41 Å². The summed E-state index contributed by atoms with van der Waals surface area (Å²) in [5, 5.41) is 40.9.